The van der Waals surface area contributed by atoms with E-state index in [0.29, 0.717) is 17.9 Å². The third-order valence-corrected chi connectivity index (χ3v) is 3.77. The van der Waals surface area contributed by atoms with Crippen molar-refractivity contribution in [1.29, 1.82) is 0 Å². The summed E-state index contributed by atoms with van der Waals surface area (Å²) >= 11 is 0. The summed E-state index contributed by atoms with van der Waals surface area (Å²) in [5.41, 5.74) is 1.06. The predicted octanol–water partition coefficient (Wildman–Crippen LogP) is 1.95. The summed E-state index contributed by atoms with van der Waals surface area (Å²) in [4.78, 5) is 11.3. The van der Waals surface area contributed by atoms with Crippen LogP contribution in [0.25, 0.3) is 0 Å². The molecule has 108 valence electrons. The first-order valence-corrected chi connectivity index (χ1v) is 6.89. The lowest BCUT2D eigenvalue weighted by Gasteiger charge is -2.30. The number of ether oxygens (including phenoxy) is 1. The normalized spacial score (nSPS) is 19.7. The van der Waals surface area contributed by atoms with Gasteiger partial charge in [-0.3, -0.25) is 4.79 Å². The van der Waals surface area contributed by atoms with Crippen LogP contribution in [0.15, 0.2) is 48.5 Å². The number of hydrogen-bond donors (Lipinski definition) is 2. The van der Waals surface area contributed by atoms with Gasteiger partial charge in [0.15, 0.2) is 0 Å². The molecule has 2 aromatic carbocycles. The Kier molecular flexibility index (Phi) is 3.39. The van der Waals surface area contributed by atoms with Crippen LogP contribution in [-0.4, -0.2) is 17.6 Å². The molecular weight excluding hydrogens is 266 g/mol. The standard InChI is InChI=1S/C17H17NO3/c1-12(19)18-11-17(20)14-7-3-2-6-13(14)10-21-16-9-5-4-8-15(16)17/h2-9,20H,10-11H2,1H3,(H,18,19). The predicted molar refractivity (Wildman–Crippen MR) is 78.9 cm³/mol. The zero-order chi connectivity index (χ0) is 14.9. The van der Waals surface area contributed by atoms with Crippen molar-refractivity contribution in [2.45, 2.75) is 19.1 Å². The van der Waals surface area contributed by atoms with Crippen molar-refractivity contribution in [3.05, 3.63) is 65.2 Å². The van der Waals surface area contributed by atoms with E-state index in [-0.39, 0.29) is 12.5 Å². The number of amides is 1. The molecule has 21 heavy (non-hydrogen) atoms. The summed E-state index contributed by atoms with van der Waals surface area (Å²) in [6.45, 7) is 1.95. The Morgan fingerprint density at radius 2 is 1.86 bits per heavy atom. The van der Waals surface area contributed by atoms with E-state index in [0.717, 1.165) is 11.1 Å². The Balaban J connectivity index is 2.17. The second kappa shape index (κ2) is 5.22. The van der Waals surface area contributed by atoms with Gasteiger partial charge in [0.1, 0.15) is 18.0 Å². The minimum absolute atomic E-state index is 0.111. The number of carbonyl (C=O) groups excluding carboxylic acids is 1. The highest BCUT2D eigenvalue weighted by atomic mass is 16.5. The first-order chi connectivity index (χ1) is 10.1. The molecular formula is C17H17NO3. The van der Waals surface area contributed by atoms with Crippen LogP contribution in [0.1, 0.15) is 23.6 Å². The van der Waals surface area contributed by atoms with Gasteiger partial charge in [-0.15, -0.1) is 0 Å². The van der Waals surface area contributed by atoms with Crippen molar-refractivity contribution in [3.8, 4) is 5.75 Å². The maximum Gasteiger partial charge on any atom is 0.216 e. The molecule has 0 radical (unpaired) electrons. The molecule has 0 saturated heterocycles. The average Bonchev–Trinajstić information content (AvgIpc) is 2.62. The van der Waals surface area contributed by atoms with Gasteiger partial charge in [-0.05, 0) is 17.2 Å². The molecule has 4 nitrogen and oxygen atoms in total. The lowest BCUT2D eigenvalue weighted by atomic mass is 9.83. The molecule has 0 aliphatic carbocycles. The van der Waals surface area contributed by atoms with Crippen molar-refractivity contribution in [3.63, 3.8) is 0 Å². The molecule has 0 aromatic heterocycles. The molecule has 1 amide bonds. The molecule has 1 aliphatic rings. The molecule has 0 spiro atoms. The number of benzene rings is 2. The maximum absolute atomic E-state index is 11.3. The van der Waals surface area contributed by atoms with Crippen LogP contribution in [0.4, 0.5) is 0 Å². The summed E-state index contributed by atoms with van der Waals surface area (Å²) in [5, 5.41) is 14.0. The van der Waals surface area contributed by atoms with Crippen molar-refractivity contribution >= 4 is 5.91 Å². The molecule has 4 heteroatoms. The van der Waals surface area contributed by atoms with Crippen LogP contribution < -0.4 is 10.1 Å². The topological polar surface area (TPSA) is 58.6 Å². The highest BCUT2D eigenvalue weighted by Gasteiger charge is 2.38. The fraction of sp³-hybridized carbons (Fsp3) is 0.235. The summed E-state index contributed by atoms with van der Waals surface area (Å²) in [6, 6.07) is 15.0. The molecule has 1 atom stereocenters. The van der Waals surface area contributed by atoms with E-state index in [1.165, 1.54) is 6.92 Å². The van der Waals surface area contributed by atoms with Crippen LogP contribution in [0.5, 0.6) is 5.75 Å². The third-order valence-electron chi connectivity index (χ3n) is 3.77. The molecule has 1 heterocycles. The molecule has 3 rings (SSSR count). The first-order valence-electron chi connectivity index (χ1n) is 6.89. The average molecular weight is 283 g/mol. The van der Waals surface area contributed by atoms with Gasteiger partial charge in [0.05, 0.1) is 6.54 Å². The Hall–Kier alpha value is -2.33. The van der Waals surface area contributed by atoms with E-state index in [1.807, 2.05) is 48.5 Å². The van der Waals surface area contributed by atoms with E-state index < -0.39 is 5.60 Å². The van der Waals surface area contributed by atoms with Crippen LogP contribution in [0, 0.1) is 0 Å². The zero-order valence-electron chi connectivity index (χ0n) is 11.8. The Morgan fingerprint density at radius 3 is 2.62 bits per heavy atom. The Labute approximate surface area is 123 Å². The maximum atomic E-state index is 11.3. The molecule has 1 unspecified atom stereocenters. The van der Waals surface area contributed by atoms with Crippen molar-refractivity contribution < 1.29 is 14.6 Å². The number of rotatable bonds is 2. The van der Waals surface area contributed by atoms with E-state index in [9.17, 15) is 9.90 Å². The molecule has 2 N–H and O–H groups in total. The summed E-state index contributed by atoms with van der Waals surface area (Å²) in [6.07, 6.45) is 0. The Bertz CT molecular complexity index is 634. The number of para-hydroxylation sites is 1. The van der Waals surface area contributed by atoms with E-state index in [4.69, 9.17) is 4.74 Å². The van der Waals surface area contributed by atoms with Crippen molar-refractivity contribution in [2.75, 3.05) is 6.54 Å². The van der Waals surface area contributed by atoms with Gasteiger partial charge in [0.2, 0.25) is 5.91 Å². The number of aliphatic hydroxyl groups is 1. The summed E-state index contributed by atoms with van der Waals surface area (Å²) < 4.78 is 5.80. The molecule has 2 aromatic rings. The van der Waals surface area contributed by atoms with Crippen molar-refractivity contribution in [1.82, 2.24) is 5.32 Å². The first kappa shape index (κ1) is 13.6. The SMILES string of the molecule is CC(=O)NCC1(O)c2ccccc2COc2ccccc21. The van der Waals surface area contributed by atoms with Gasteiger partial charge < -0.3 is 15.2 Å². The van der Waals surface area contributed by atoms with Crippen LogP contribution in [0.2, 0.25) is 0 Å². The lowest BCUT2D eigenvalue weighted by molar-refractivity contribution is -0.119. The van der Waals surface area contributed by atoms with Gasteiger partial charge in [-0.1, -0.05) is 42.5 Å². The zero-order valence-corrected chi connectivity index (χ0v) is 11.8. The van der Waals surface area contributed by atoms with Crippen LogP contribution >= 0.6 is 0 Å². The summed E-state index contributed by atoms with van der Waals surface area (Å²) in [5.74, 6) is 0.463. The third kappa shape index (κ3) is 2.38. The number of fused-ring (bicyclic) bond motifs is 2. The van der Waals surface area contributed by atoms with Gasteiger partial charge in [-0.25, -0.2) is 0 Å². The minimum Gasteiger partial charge on any atom is -0.488 e. The number of nitrogens with one attached hydrogen (secondary N) is 1. The van der Waals surface area contributed by atoms with E-state index in [1.54, 1.807) is 0 Å². The van der Waals surface area contributed by atoms with Crippen molar-refractivity contribution in [2.24, 2.45) is 0 Å². The minimum atomic E-state index is -1.30. The molecule has 1 aliphatic heterocycles. The summed E-state index contributed by atoms with van der Waals surface area (Å²) in [7, 11) is 0. The second-order valence-electron chi connectivity index (χ2n) is 5.21. The molecule has 0 bridgehead atoms. The Morgan fingerprint density at radius 1 is 1.19 bits per heavy atom. The van der Waals surface area contributed by atoms with E-state index >= 15 is 0 Å². The monoisotopic (exact) mass is 283 g/mol. The molecule has 0 saturated carbocycles. The molecule has 0 fully saturated rings. The number of hydrogen-bond acceptors (Lipinski definition) is 3. The van der Waals surface area contributed by atoms with Crippen LogP contribution in [0.3, 0.4) is 0 Å². The van der Waals surface area contributed by atoms with Crippen LogP contribution in [-0.2, 0) is 17.0 Å². The fourth-order valence-corrected chi connectivity index (χ4v) is 2.73. The highest BCUT2D eigenvalue weighted by Crippen LogP contribution is 2.39. The lowest BCUT2D eigenvalue weighted by Crippen LogP contribution is -2.41. The number of carbonyl (C=O) groups is 1. The second-order valence-corrected chi connectivity index (χ2v) is 5.21. The van der Waals surface area contributed by atoms with E-state index in [2.05, 4.69) is 5.32 Å². The quantitative estimate of drug-likeness (QED) is 0.885. The largest absolute Gasteiger partial charge is 0.488 e. The smallest absolute Gasteiger partial charge is 0.216 e. The fourth-order valence-electron chi connectivity index (χ4n) is 2.73. The highest BCUT2D eigenvalue weighted by molar-refractivity contribution is 5.73. The van der Waals surface area contributed by atoms with Gasteiger partial charge in [-0.2, -0.15) is 0 Å². The van der Waals surface area contributed by atoms with Gasteiger partial charge >= 0.3 is 0 Å². The van der Waals surface area contributed by atoms with Gasteiger partial charge in [0, 0.05) is 12.5 Å². The van der Waals surface area contributed by atoms with Gasteiger partial charge in [0.25, 0.3) is 0 Å².